The van der Waals surface area contributed by atoms with Crippen molar-refractivity contribution >= 4 is 15.9 Å². The quantitative estimate of drug-likeness (QED) is 0.608. The van der Waals surface area contributed by atoms with E-state index in [4.69, 9.17) is 0 Å². The van der Waals surface area contributed by atoms with Gasteiger partial charge in [-0.1, -0.05) is 6.92 Å². The van der Waals surface area contributed by atoms with Crippen LogP contribution < -0.4 is 10.6 Å². The van der Waals surface area contributed by atoms with Crippen molar-refractivity contribution in [2.24, 2.45) is 5.92 Å². The van der Waals surface area contributed by atoms with E-state index in [0.29, 0.717) is 26.1 Å². The number of carbonyl (C=O) groups excluding carboxylic acids is 1. The minimum absolute atomic E-state index is 0.0715. The first-order chi connectivity index (χ1) is 8.45. The zero-order valence-electron chi connectivity index (χ0n) is 11.1. The standard InChI is InChI=1S/C11H23N3O3S/c1-3-14(18(2,16)17)8-4-6-13-11(15)10-5-7-12-9-10/h10,12H,3-9H2,1-2H3,(H,13,15). The molecule has 0 aromatic heterocycles. The molecule has 7 heteroatoms. The summed E-state index contributed by atoms with van der Waals surface area (Å²) in [5.74, 6) is 0.143. The van der Waals surface area contributed by atoms with Crippen molar-refractivity contribution in [3.63, 3.8) is 0 Å². The molecule has 1 unspecified atom stereocenters. The fourth-order valence-electron chi connectivity index (χ4n) is 2.05. The van der Waals surface area contributed by atoms with Crippen LogP contribution in [-0.2, 0) is 14.8 Å². The molecule has 1 aliphatic heterocycles. The van der Waals surface area contributed by atoms with Crippen LogP contribution in [0.5, 0.6) is 0 Å². The molecule has 1 aliphatic rings. The summed E-state index contributed by atoms with van der Waals surface area (Å²) >= 11 is 0. The Kier molecular flexibility index (Phi) is 6.04. The molecule has 0 aromatic rings. The van der Waals surface area contributed by atoms with E-state index < -0.39 is 10.0 Å². The molecule has 1 heterocycles. The lowest BCUT2D eigenvalue weighted by atomic mass is 10.1. The van der Waals surface area contributed by atoms with Gasteiger partial charge in [0.05, 0.1) is 12.2 Å². The number of sulfonamides is 1. The van der Waals surface area contributed by atoms with Gasteiger partial charge in [0.2, 0.25) is 15.9 Å². The lowest BCUT2D eigenvalue weighted by Crippen LogP contribution is -2.36. The van der Waals surface area contributed by atoms with Gasteiger partial charge < -0.3 is 10.6 Å². The van der Waals surface area contributed by atoms with Gasteiger partial charge in [-0.25, -0.2) is 12.7 Å². The summed E-state index contributed by atoms with van der Waals surface area (Å²) < 4.78 is 24.1. The molecule has 0 radical (unpaired) electrons. The summed E-state index contributed by atoms with van der Waals surface area (Å²) in [6, 6.07) is 0. The molecule has 1 amide bonds. The lowest BCUT2D eigenvalue weighted by Gasteiger charge is -2.18. The molecule has 1 saturated heterocycles. The third-order valence-electron chi connectivity index (χ3n) is 3.14. The summed E-state index contributed by atoms with van der Waals surface area (Å²) in [5.41, 5.74) is 0. The molecule has 6 nitrogen and oxygen atoms in total. The normalized spacial score (nSPS) is 20.3. The van der Waals surface area contributed by atoms with E-state index in [2.05, 4.69) is 10.6 Å². The van der Waals surface area contributed by atoms with Crippen molar-refractivity contribution in [3.8, 4) is 0 Å². The van der Waals surface area contributed by atoms with Crippen LogP contribution in [0.3, 0.4) is 0 Å². The molecule has 0 aromatic carbocycles. The van der Waals surface area contributed by atoms with Crippen LogP contribution in [-0.4, -0.2) is 57.6 Å². The van der Waals surface area contributed by atoms with E-state index in [9.17, 15) is 13.2 Å². The van der Waals surface area contributed by atoms with E-state index in [0.717, 1.165) is 19.5 Å². The summed E-state index contributed by atoms with van der Waals surface area (Å²) in [6.07, 6.45) is 2.74. The zero-order chi connectivity index (χ0) is 13.6. The molecule has 106 valence electrons. The van der Waals surface area contributed by atoms with Gasteiger partial charge in [0.15, 0.2) is 0 Å². The molecule has 0 saturated carbocycles. The molecule has 1 atom stereocenters. The minimum Gasteiger partial charge on any atom is -0.356 e. The van der Waals surface area contributed by atoms with Gasteiger partial charge in [-0.2, -0.15) is 0 Å². The maximum Gasteiger partial charge on any atom is 0.224 e. The van der Waals surface area contributed by atoms with Crippen molar-refractivity contribution in [1.29, 1.82) is 0 Å². The summed E-state index contributed by atoms with van der Waals surface area (Å²) in [6.45, 7) is 4.91. The topological polar surface area (TPSA) is 78.5 Å². The van der Waals surface area contributed by atoms with Crippen molar-refractivity contribution < 1.29 is 13.2 Å². The predicted octanol–water partition coefficient (Wildman–Crippen LogP) is -0.616. The van der Waals surface area contributed by atoms with Crippen molar-refractivity contribution in [3.05, 3.63) is 0 Å². The number of amides is 1. The molecule has 0 bridgehead atoms. The molecule has 2 N–H and O–H groups in total. The van der Waals surface area contributed by atoms with Gasteiger partial charge in [-0.15, -0.1) is 0 Å². The van der Waals surface area contributed by atoms with Gasteiger partial charge in [0.1, 0.15) is 0 Å². The maximum absolute atomic E-state index is 11.7. The highest BCUT2D eigenvalue weighted by Crippen LogP contribution is 2.06. The number of hydrogen-bond donors (Lipinski definition) is 2. The van der Waals surface area contributed by atoms with Crippen LogP contribution in [0.25, 0.3) is 0 Å². The van der Waals surface area contributed by atoms with Gasteiger partial charge in [-0.05, 0) is 19.4 Å². The smallest absolute Gasteiger partial charge is 0.224 e. The maximum atomic E-state index is 11.7. The van der Waals surface area contributed by atoms with E-state index in [1.54, 1.807) is 0 Å². The van der Waals surface area contributed by atoms with Crippen LogP contribution in [0.1, 0.15) is 19.8 Å². The van der Waals surface area contributed by atoms with Crippen molar-refractivity contribution in [1.82, 2.24) is 14.9 Å². The van der Waals surface area contributed by atoms with E-state index in [1.165, 1.54) is 10.6 Å². The number of nitrogens with zero attached hydrogens (tertiary/aromatic N) is 1. The fraction of sp³-hybridized carbons (Fsp3) is 0.909. The molecule has 1 rings (SSSR count). The number of hydrogen-bond acceptors (Lipinski definition) is 4. The molecule has 1 fully saturated rings. The van der Waals surface area contributed by atoms with Crippen LogP contribution in [0.15, 0.2) is 0 Å². The first-order valence-corrected chi connectivity index (χ1v) is 8.23. The molecular weight excluding hydrogens is 254 g/mol. The van der Waals surface area contributed by atoms with Gasteiger partial charge >= 0.3 is 0 Å². The van der Waals surface area contributed by atoms with Crippen molar-refractivity contribution in [2.75, 3.05) is 39.0 Å². The van der Waals surface area contributed by atoms with Crippen LogP contribution in [0.4, 0.5) is 0 Å². The summed E-state index contributed by atoms with van der Waals surface area (Å²) in [4.78, 5) is 11.7. The van der Waals surface area contributed by atoms with Gasteiger partial charge in [0.25, 0.3) is 0 Å². The van der Waals surface area contributed by atoms with E-state index >= 15 is 0 Å². The minimum atomic E-state index is -3.12. The average Bonchev–Trinajstić information content (AvgIpc) is 2.80. The second kappa shape index (κ2) is 7.06. The Morgan fingerprint density at radius 3 is 2.72 bits per heavy atom. The molecule has 0 spiro atoms. The predicted molar refractivity (Wildman–Crippen MR) is 70.7 cm³/mol. The van der Waals surface area contributed by atoms with Crippen LogP contribution in [0, 0.1) is 5.92 Å². The Balaban J connectivity index is 2.19. The van der Waals surface area contributed by atoms with E-state index in [1.807, 2.05) is 6.92 Å². The zero-order valence-corrected chi connectivity index (χ0v) is 11.9. The Hall–Kier alpha value is -0.660. The average molecular weight is 277 g/mol. The summed E-state index contributed by atoms with van der Waals surface area (Å²) in [7, 11) is -3.12. The fourth-order valence-corrected chi connectivity index (χ4v) is 2.98. The number of nitrogens with one attached hydrogen (secondary N) is 2. The van der Waals surface area contributed by atoms with Gasteiger partial charge in [-0.3, -0.25) is 4.79 Å². The molecule has 0 aliphatic carbocycles. The van der Waals surface area contributed by atoms with Crippen LogP contribution >= 0.6 is 0 Å². The van der Waals surface area contributed by atoms with Gasteiger partial charge in [0, 0.05) is 26.2 Å². The first kappa shape index (κ1) is 15.4. The second-order valence-electron chi connectivity index (χ2n) is 4.59. The highest BCUT2D eigenvalue weighted by atomic mass is 32.2. The number of rotatable bonds is 7. The molecular formula is C11H23N3O3S. The molecule has 18 heavy (non-hydrogen) atoms. The Morgan fingerprint density at radius 2 is 2.22 bits per heavy atom. The van der Waals surface area contributed by atoms with Crippen molar-refractivity contribution in [2.45, 2.75) is 19.8 Å². The third-order valence-corrected chi connectivity index (χ3v) is 4.52. The summed E-state index contributed by atoms with van der Waals surface area (Å²) in [5, 5.41) is 6.00. The monoisotopic (exact) mass is 277 g/mol. The Labute approximate surface area is 109 Å². The van der Waals surface area contributed by atoms with E-state index in [-0.39, 0.29) is 11.8 Å². The SMILES string of the molecule is CCN(CCCNC(=O)C1CCNC1)S(C)(=O)=O. The highest BCUT2D eigenvalue weighted by Gasteiger charge is 2.21. The lowest BCUT2D eigenvalue weighted by molar-refractivity contribution is -0.124. The second-order valence-corrected chi connectivity index (χ2v) is 6.57. The van der Waals surface area contributed by atoms with Crippen LogP contribution in [0.2, 0.25) is 0 Å². The highest BCUT2D eigenvalue weighted by molar-refractivity contribution is 7.88. The Morgan fingerprint density at radius 1 is 1.50 bits per heavy atom. The largest absolute Gasteiger partial charge is 0.356 e. The third kappa shape index (κ3) is 4.91. The number of carbonyl (C=O) groups is 1. The first-order valence-electron chi connectivity index (χ1n) is 6.38. The Bertz CT molecular complexity index is 364.